The molecule has 0 radical (unpaired) electrons. The van der Waals surface area contributed by atoms with Crippen molar-refractivity contribution < 1.29 is 28.8 Å². The average Bonchev–Trinajstić information content (AvgIpc) is 3.49. The average molecular weight is 669 g/mol. The van der Waals surface area contributed by atoms with E-state index in [4.69, 9.17) is 18.9 Å². The molecule has 0 unspecified atom stereocenters. The first-order valence-corrected chi connectivity index (χ1v) is 15.0. The number of allylic oxidation sites excluding steroid dienone is 1. The fourth-order valence-corrected chi connectivity index (χ4v) is 5.71. The molecule has 9 heteroatoms. The van der Waals surface area contributed by atoms with Crippen molar-refractivity contribution in [1.82, 2.24) is 9.80 Å². The van der Waals surface area contributed by atoms with E-state index in [-0.39, 0.29) is 25.2 Å². The molecule has 3 aromatic rings. The molecule has 3 aliphatic heterocycles. The third-order valence-electron chi connectivity index (χ3n) is 7.71. The second-order valence-electron chi connectivity index (χ2n) is 10.5. The molecule has 0 aliphatic carbocycles. The molecule has 0 bridgehead atoms. The summed E-state index contributed by atoms with van der Waals surface area (Å²) in [5.41, 5.74) is 4.14. The molecule has 1 saturated heterocycles. The van der Waals surface area contributed by atoms with Gasteiger partial charge in [-0.25, -0.2) is 0 Å². The Bertz CT molecular complexity index is 1390. The van der Waals surface area contributed by atoms with Gasteiger partial charge in [-0.05, 0) is 75.2 Å². The van der Waals surface area contributed by atoms with Crippen molar-refractivity contribution >= 4 is 28.5 Å². The van der Waals surface area contributed by atoms with E-state index < -0.39 is 6.29 Å². The maximum atomic E-state index is 13.7. The van der Waals surface area contributed by atoms with Gasteiger partial charge < -0.3 is 29.0 Å². The number of fused-ring (bicyclic) bond motifs is 1. The number of aliphatic hydroxyl groups excluding tert-OH is 1. The van der Waals surface area contributed by atoms with Crippen molar-refractivity contribution in [3.05, 3.63) is 104 Å². The van der Waals surface area contributed by atoms with Gasteiger partial charge in [-0.15, -0.1) is 0 Å². The summed E-state index contributed by atoms with van der Waals surface area (Å²) in [6, 6.07) is 22.1. The van der Waals surface area contributed by atoms with Crippen LogP contribution in [0.5, 0.6) is 11.5 Å². The van der Waals surface area contributed by atoms with Crippen molar-refractivity contribution in [2.45, 2.75) is 38.4 Å². The molecule has 8 nitrogen and oxygen atoms in total. The van der Waals surface area contributed by atoms with Gasteiger partial charge in [0.05, 0.1) is 13.2 Å². The van der Waals surface area contributed by atoms with E-state index in [0.29, 0.717) is 31.9 Å². The summed E-state index contributed by atoms with van der Waals surface area (Å²) < 4.78 is 24.5. The first kappa shape index (κ1) is 28.0. The van der Waals surface area contributed by atoms with Crippen LogP contribution in [0.25, 0.3) is 0 Å². The quantitative estimate of drug-likeness (QED) is 0.346. The minimum Gasteiger partial charge on any atom is -0.459 e. The number of piperazine rings is 1. The Hall–Kier alpha value is -3.12. The maximum Gasteiger partial charge on any atom is 0.288 e. The molecule has 1 amide bonds. The van der Waals surface area contributed by atoms with Crippen LogP contribution in [0.4, 0.5) is 0 Å². The topological polar surface area (TPSA) is 80.7 Å². The molecule has 3 aliphatic rings. The van der Waals surface area contributed by atoms with Crippen molar-refractivity contribution in [2.24, 2.45) is 0 Å². The highest BCUT2D eigenvalue weighted by molar-refractivity contribution is 14.1. The summed E-state index contributed by atoms with van der Waals surface area (Å²) in [6.07, 6.45) is 2.03. The van der Waals surface area contributed by atoms with Gasteiger partial charge in [-0.1, -0.05) is 42.5 Å². The summed E-state index contributed by atoms with van der Waals surface area (Å²) in [6.45, 7) is 4.23. The minimum absolute atomic E-state index is 0.00745. The molecule has 214 valence electrons. The number of amides is 1. The number of ether oxygens (including phenoxy) is 4. The van der Waals surface area contributed by atoms with Crippen LogP contribution in [-0.4, -0.2) is 60.1 Å². The number of carbonyl (C=O) groups excluding carboxylic acids is 1. The lowest BCUT2D eigenvalue weighted by Crippen LogP contribution is -2.49. The molecule has 41 heavy (non-hydrogen) atoms. The Kier molecular flexibility index (Phi) is 8.75. The molecule has 2 atom stereocenters. The molecule has 0 saturated carbocycles. The number of nitrogens with zero attached hydrogens (tertiary/aromatic N) is 2. The number of rotatable bonds is 8. The van der Waals surface area contributed by atoms with Crippen LogP contribution in [0.15, 0.2) is 78.6 Å². The van der Waals surface area contributed by atoms with Crippen LogP contribution >= 0.6 is 22.6 Å². The number of hydrogen-bond donors (Lipinski definition) is 1. The van der Waals surface area contributed by atoms with Gasteiger partial charge in [-0.3, -0.25) is 9.69 Å². The zero-order valence-corrected chi connectivity index (χ0v) is 24.9. The normalized spacial score (nSPS) is 20.4. The maximum absolute atomic E-state index is 13.7. The van der Waals surface area contributed by atoms with Crippen LogP contribution in [0, 0.1) is 3.57 Å². The minimum atomic E-state index is -0.548. The van der Waals surface area contributed by atoms with Crippen molar-refractivity contribution in [1.29, 1.82) is 0 Å². The largest absolute Gasteiger partial charge is 0.459 e. The molecule has 1 N–H and O–H groups in total. The number of benzene rings is 3. The molecule has 1 fully saturated rings. The van der Waals surface area contributed by atoms with E-state index in [9.17, 15) is 9.90 Å². The van der Waals surface area contributed by atoms with E-state index in [1.165, 1.54) is 5.56 Å². The lowest BCUT2D eigenvalue weighted by molar-refractivity contribution is -0.157. The monoisotopic (exact) mass is 668 g/mol. The Balaban J connectivity index is 1.10. The Labute approximate surface area is 253 Å². The lowest BCUT2D eigenvalue weighted by Gasteiger charge is -2.36. The van der Waals surface area contributed by atoms with Crippen molar-refractivity contribution in [2.75, 3.05) is 33.0 Å². The van der Waals surface area contributed by atoms with Crippen LogP contribution in [0.2, 0.25) is 0 Å². The fourth-order valence-electron chi connectivity index (χ4n) is 5.35. The predicted molar refractivity (Wildman–Crippen MR) is 161 cm³/mol. The number of aliphatic hydroxyl groups is 1. The van der Waals surface area contributed by atoms with Crippen LogP contribution < -0.4 is 9.47 Å². The van der Waals surface area contributed by atoms with E-state index in [1.807, 2.05) is 47.4 Å². The lowest BCUT2D eigenvalue weighted by atomic mass is 9.93. The van der Waals surface area contributed by atoms with Gasteiger partial charge >= 0.3 is 0 Å². The standard InChI is InChI=1S/C32H33IN2O6/c33-27-8-6-25(7-9-27)26-16-30(41-31(17-26)38-20-23-3-1-22(19-36)2-4-23)32(37)35-13-11-34(12-14-35)18-24-5-10-28-29(15-24)40-21-39-28/h1-10,15-16,26,31,36H,11-14,17-21H2/t26-,31+/m1/s1. The van der Waals surface area contributed by atoms with Gasteiger partial charge in [0.1, 0.15) is 0 Å². The Morgan fingerprint density at radius 2 is 1.61 bits per heavy atom. The van der Waals surface area contributed by atoms with Crippen LogP contribution in [0.1, 0.15) is 34.6 Å². The Morgan fingerprint density at radius 3 is 2.37 bits per heavy atom. The molecule has 0 spiro atoms. The second kappa shape index (κ2) is 12.8. The molecule has 0 aromatic heterocycles. The summed E-state index contributed by atoms with van der Waals surface area (Å²) in [5, 5.41) is 9.31. The van der Waals surface area contributed by atoms with Crippen LogP contribution in [0.3, 0.4) is 0 Å². The van der Waals surface area contributed by atoms with Gasteiger partial charge in [-0.2, -0.15) is 0 Å². The van der Waals surface area contributed by atoms with E-state index in [1.54, 1.807) is 0 Å². The van der Waals surface area contributed by atoms with Gasteiger partial charge in [0.25, 0.3) is 5.91 Å². The zero-order chi connectivity index (χ0) is 28.2. The smallest absolute Gasteiger partial charge is 0.288 e. The van der Waals surface area contributed by atoms with Gasteiger partial charge in [0.15, 0.2) is 17.3 Å². The predicted octanol–water partition coefficient (Wildman–Crippen LogP) is 4.79. The first-order valence-electron chi connectivity index (χ1n) is 13.9. The van der Waals surface area contributed by atoms with E-state index in [0.717, 1.165) is 51.4 Å². The van der Waals surface area contributed by atoms with Crippen molar-refractivity contribution in [3.63, 3.8) is 0 Å². The van der Waals surface area contributed by atoms with E-state index >= 15 is 0 Å². The summed E-state index contributed by atoms with van der Waals surface area (Å²) in [7, 11) is 0. The molecular weight excluding hydrogens is 635 g/mol. The SMILES string of the molecule is O=C(C1=C[C@@H](c2ccc(I)cc2)C[C@@H](OCc2ccc(CO)cc2)O1)N1CCN(Cc2ccc3c(c2)OCO3)CC1. The second-order valence-corrected chi connectivity index (χ2v) is 11.8. The first-order chi connectivity index (χ1) is 20.0. The zero-order valence-electron chi connectivity index (χ0n) is 22.7. The highest BCUT2D eigenvalue weighted by atomic mass is 127. The molecular formula is C32H33IN2O6. The van der Waals surface area contributed by atoms with Crippen molar-refractivity contribution in [3.8, 4) is 11.5 Å². The Morgan fingerprint density at radius 1 is 0.902 bits per heavy atom. The fraction of sp³-hybridized carbons (Fsp3) is 0.344. The van der Waals surface area contributed by atoms with Crippen LogP contribution in [-0.2, 0) is 34.0 Å². The van der Waals surface area contributed by atoms with E-state index in [2.05, 4.69) is 57.8 Å². The number of carbonyl (C=O) groups is 1. The molecule has 3 aromatic carbocycles. The molecule has 6 rings (SSSR count). The summed E-state index contributed by atoms with van der Waals surface area (Å²) in [5.74, 6) is 1.84. The van der Waals surface area contributed by atoms with Gasteiger partial charge in [0.2, 0.25) is 13.1 Å². The molecule has 3 heterocycles. The number of halogens is 1. The number of hydrogen-bond acceptors (Lipinski definition) is 7. The third-order valence-corrected chi connectivity index (χ3v) is 8.43. The summed E-state index contributed by atoms with van der Waals surface area (Å²) in [4.78, 5) is 17.9. The highest BCUT2D eigenvalue weighted by Gasteiger charge is 2.32. The highest BCUT2D eigenvalue weighted by Crippen LogP contribution is 2.34. The van der Waals surface area contributed by atoms with Gasteiger partial charge in [0, 0.05) is 48.6 Å². The summed E-state index contributed by atoms with van der Waals surface area (Å²) >= 11 is 2.30. The third kappa shape index (κ3) is 6.86.